The molecule has 7 nitrogen and oxygen atoms in total. The van der Waals surface area contributed by atoms with Gasteiger partial charge < -0.3 is 10.2 Å². The van der Waals surface area contributed by atoms with E-state index < -0.39 is 28.5 Å². The standard InChI is InChI=1S/C30H34Cl3N3O4S/c1-19(2)16-34-30(38)22(5)35(17-23-8-9-25(32)15-27(23)33)29(37)18-36(28-13-10-24(31)14-21(28)4)41(39,40)26-11-6-20(3)7-12-26/h6-15,19,22H,16-18H2,1-5H3,(H,34,38). The Bertz CT molecular complexity index is 1510. The SMILES string of the molecule is Cc1ccc(S(=O)(=O)N(CC(=O)N(Cc2ccc(Cl)cc2Cl)C(C)C(=O)NCC(C)C)c2ccc(Cl)cc2C)cc1. The molecule has 1 atom stereocenters. The number of amides is 2. The van der Waals surface area contributed by atoms with Crippen LogP contribution in [0.1, 0.15) is 37.5 Å². The molecule has 41 heavy (non-hydrogen) atoms. The Morgan fingerprint density at radius 1 is 0.878 bits per heavy atom. The number of sulfonamides is 1. The van der Waals surface area contributed by atoms with Crippen molar-refractivity contribution in [1.29, 1.82) is 0 Å². The molecular weight excluding hydrogens is 605 g/mol. The lowest BCUT2D eigenvalue weighted by molar-refractivity contribution is -0.139. The van der Waals surface area contributed by atoms with E-state index in [1.807, 2.05) is 20.8 Å². The molecule has 0 spiro atoms. The summed E-state index contributed by atoms with van der Waals surface area (Å²) < 4.78 is 29.0. The zero-order valence-electron chi connectivity index (χ0n) is 23.6. The van der Waals surface area contributed by atoms with Crippen LogP contribution in [0.5, 0.6) is 0 Å². The van der Waals surface area contributed by atoms with Crippen LogP contribution in [0, 0.1) is 19.8 Å². The first kappa shape index (κ1) is 32.7. The van der Waals surface area contributed by atoms with Gasteiger partial charge in [0.1, 0.15) is 12.6 Å². The molecule has 11 heteroatoms. The van der Waals surface area contributed by atoms with Gasteiger partial charge in [-0.3, -0.25) is 13.9 Å². The first-order chi connectivity index (χ1) is 19.2. The Labute approximate surface area is 257 Å². The number of hydrogen-bond acceptors (Lipinski definition) is 4. The summed E-state index contributed by atoms with van der Waals surface area (Å²) in [7, 11) is -4.19. The first-order valence-electron chi connectivity index (χ1n) is 13.1. The maximum absolute atomic E-state index is 14.0. The molecule has 0 saturated carbocycles. The van der Waals surface area contributed by atoms with Crippen molar-refractivity contribution in [2.45, 2.75) is 52.1 Å². The minimum absolute atomic E-state index is 0.0280. The van der Waals surface area contributed by atoms with Crippen molar-refractivity contribution < 1.29 is 18.0 Å². The third-order valence-corrected chi connectivity index (χ3v) is 9.12. The number of nitrogens with one attached hydrogen (secondary N) is 1. The summed E-state index contributed by atoms with van der Waals surface area (Å²) in [6.07, 6.45) is 0. The largest absolute Gasteiger partial charge is 0.354 e. The zero-order valence-corrected chi connectivity index (χ0v) is 26.7. The number of anilines is 1. The molecule has 220 valence electrons. The Balaban J connectivity index is 2.07. The van der Waals surface area contributed by atoms with Crippen molar-refractivity contribution in [1.82, 2.24) is 10.2 Å². The molecule has 0 radical (unpaired) electrons. The molecule has 0 aliphatic rings. The fraction of sp³-hybridized carbons (Fsp3) is 0.333. The Kier molecular flexibility index (Phi) is 11.1. The molecule has 0 heterocycles. The smallest absolute Gasteiger partial charge is 0.264 e. The van der Waals surface area contributed by atoms with Gasteiger partial charge in [-0.1, -0.05) is 72.4 Å². The summed E-state index contributed by atoms with van der Waals surface area (Å²) >= 11 is 18.7. The lowest BCUT2D eigenvalue weighted by atomic mass is 10.1. The summed E-state index contributed by atoms with van der Waals surface area (Å²) in [5.41, 5.74) is 2.31. The van der Waals surface area contributed by atoms with E-state index in [4.69, 9.17) is 34.8 Å². The van der Waals surface area contributed by atoms with Crippen molar-refractivity contribution in [3.05, 3.63) is 92.4 Å². The van der Waals surface area contributed by atoms with Gasteiger partial charge in [0.15, 0.2) is 0 Å². The second-order valence-corrected chi connectivity index (χ2v) is 13.5. The second-order valence-electron chi connectivity index (χ2n) is 10.3. The van der Waals surface area contributed by atoms with Crippen LogP contribution in [0.15, 0.2) is 65.6 Å². The Morgan fingerprint density at radius 3 is 2.07 bits per heavy atom. The van der Waals surface area contributed by atoms with Gasteiger partial charge in [-0.2, -0.15) is 0 Å². The van der Waals surface area contributed by atoms with Crippen molar-refractivity contribution in [2.75, 3.05) is 17.4 Å². The molecule has 3 rings (SSSR count). The number of hydrogen-bond donors (Lipinski definition) is 1. The molecule has 3 aromatic carbocycles. The molecule has 0 aromatic heterocycles. The average molecular weight is 639 g/mol. The quantitative estimate of drug-likeness (QED) is 0.255. The number of carbonyl (C=O) groups excluding carboxylic acids is 2. The van der Waals surface area contributed by atoms with Crippen LogP contribution in [0.2, 0.25) is 15.1 Å². The molecule has 0 aliphatic heterocycles. The number of carbonyl (C=O) groups is 2. The summed E-state index contributed by atoms with van der Waals surface area (Å²) in [5, 5.41) is 4.03. The van der Waals surface area contributed by atoms with Crippen molar-refractivity contribution >= 4 is 62.3 Å². The highest BCUT2D eigenvalue weighted by molar-refractivity contribution is 7.92. The van der Waals surface area contributed by atoms with Crippen LogP contribution in [0.3, 0.4) is 0 Å². The number of benzene rings is 3. The molecule has 1 unspecified atom stereocenters. The Morgan fingerprint density at radius 2 is 1.49 bits per heavy atom. The molecule has 0 bridgehead atoms. The number of aryl methyl sites for hydroxylation is 2. The fourth-order valence-electron chi connectivity index (χ4n) is 4.12. The van der Waals surface area contributed by atoms with Gasteiger partial charge in [-0.05, 0) is 80.3 Å². The minimum atomic E-state index is -4.19. The van der Waals surface area contributed by atoms with Gasteiger partial charge in [0.2, 0.25) is 11.8 Å². The van der Waals surface area contributed by atoms with Crippen molar-refractivity contribution in [3.8, 4) is 0 Å². The number of rotatable bonds is 11. The van der Waals surface area contributed by atoms with Gasteiger partial charge in [0.25, 0.3) is 10.0 Å². The van der Waals surface area contributed by atoms with Gasteiger partial charge in [-0.15, -0.1) is 0 Å². The fourth-order valence-corrected chi connectivity index (χ4v) is 6.29. The Hall–Kier alpha value is -2.78. The van der Waals surface area contributed by atoms with Gasteiger partial charge in [0.05, 0.1) is 10.6 Å². The van der Waals surface area contributed by atoms with E-state index in [0.29, 0.717) is 38.4 Å². The van der Waals surface area contributed by atoms with Gasteiger partial charge >= 0.3 is 0 Å². The summed E-state index contributed by atoms with van der Waals surface area (Å²) in [6, 6.07) is 15.1. The molecule has 0 fully saturated rings. The summed E-state index contributed by atoms with van der Waals surface area (Å²) in [6.45, 7) is 8.92. The third-order valence-electron chi connectivity index (χ3n) is 6.52. The van der Waals surface area contributed by atoms with E-state index >= 15 is 0 Å². The van der Waals surface area contributed by atoms with Gasteiger partial charge in [-0.25, -0.2) is 8.42 Å². The average Bonchev–Trinajstić information content (AvgIpc) is 2.90. The highest BCUT2D eigenvalue weighted by atomic mass is 35.5. The maximum atomic E-state index is 14.0. The predicted octanol–water partition coefficient (Wildman–Crippen LogP) is 6.65. The molecule has 1 N–H and O–H groups in total. The van der Waals surface area contributed by atoms with Crippen molar-refractivity contribution in [3.63, 3.8) is 0 Å². The lowest BCUT2D eigenvalue weighted by Crippen LogP contribution is -2.51. The van der Waals surface area contributed by atoms with Crippen LogP contribution in [0.25, 0.3) is 0 Å². The van der Waals surface area contributed by atoms with Crippen LogP contribution < -0.4 is 9.62 Å². The third kappa shape index (κ3) is 8.38. The molecule has 0 aliphatic carbocycles. The maximum Gasteiger partial charge on any atom is 0.264 e. The monoisotopic (exact) mass is 637 g/mol. The predicted molar refractivity (Wildman–Crippen MR) is 166 cm³/mol. The van der Waals surface area contributed by atoms with Crippen LogP contribution in [-0.4, -0.2) is 44.3 Å². The number of halogens is 3. The second kappa shape index (κ2) is 13.9. The van der Waals surface area contributed by atoms with Crippen LogP contribution in [-0.2, 0) is 26.2 Å². The molecule has 0 saturated heterocycles. The topological polar surface area (TPSA) is 86.8 Å². The number of nitrogens with zero attached hydrogens (tertiary/aromatic N) is 2. The van der Waals surface area contributed by atoms with E-state index in [0.717, 1.165) is 9.87 Å². The van der Waals surface area contributed by atoms with Gasteiger partial charge in [0, 0.05) is 28.2 Å². The normalized spacial score (nSPS) is 12.2. The molecule has 3 aromatic rings. The summed E-state index contributed by atoms with van der Waals surface area (Å²) in [4.78, 5) is 28.5. The van der Waals surface area contributed by atoms with E-state index in [1.54, 1.807) is 62.4 Å². The highest BCUT2D eigenvalue weighted by Gasteiger charge is 2.33. The summed E-state index contributed by atoms with van der Waals surface area (Å²) in [5.74, 6) is -0.759. The van der Waals surface area contributed by atoms with E-state index in [1.165, 1.54) is 17.0 Å². The van der Waals surface area contributed by atoms with Crippen LogP contribution >= 0.6 is 34.8 Å². The molecular formula is C30H34Cl3N3O4S. The highest BCUT2D eigenvalue weighted by Crippen LogP contribution is 2.30. The lowest BCUT2D eigenvalue weighted by Gasteiger charge is -2.32. The first-order valence-corrected chi connectivity index (χ1v) is 15.6. The van der Waals surface area contributed by atoms with Crippen LogP contribution in [0.4, 0.5) is 5.69 Å². The van der Waals surface area contributed by atoms with E-state index in [-0.39, 0.29) is 23.3 Å². The van der Waals surface area contributed by atoms with E-state index in [9.17, 15) is 18.0 Å². The zero-order chi connectivity index (χ0) is 30.5. The van der Waals surface area contributed by atoms with E-state index in [2.05, 4.69) is 5.32 Å². The van der Waals surface area contributed by atoms with Crippen molar-refractivity contribution in [2.24, 2.45) is 5.92 Å². The molecule has 2 amide bonds. The minimum Gasteiger partial charge on any atom is -0.354 e.